The molecule has 0 spiro atoms. The smallest absolute Gasteiger partial charge is 0.296 e. The van der Waals surface area contributed by atoms with E-state index in [2.05, 4.69) is 0 Å². The van der Waals surface area contributed by atoms with Crippen LogP contribution in [0.15, 0.2) is 53.8 Å². The van der Waals surface area contributed by atoms with Crippen LogP contribution in [-0.2, 0) is 14.3 Å². The Bertz CT molecular complexity index is 1330. The summed E-state index contributed by atoms with van der Waals surface area (Å²) in [6.45, 7) is 4.01. The van der Waals surface area contributed by atoms with Gasteiger partial charge in [-0.05, 0) is 56.4 Å². The van der Waals surface area contributed by atoms with Crippen LogP contribution in [0.1, 0.15) is 42.0 Å². The molecule has 4 atom stereocenters. The fraction of sp³-hybridized carbons (Fsp3) is 0.346. The first-order chi connectivity index (χ1) is 15.9. The first-order valence-electron chi connectivity index (χ1n) is 11.3. The lowest BCUT2D eigenvalue weighted by Crippen LogP contribution is -2.42. The number of ether oxygens (including phenoxy) is 1. The van der Waals surface area contributed by atoms with Gasteiger partial charge in [0.2, 0.25) is 0 Å². The van der Waals surface area contributed by atoms with Crippen LogP contribution in [0.2, 0.25) is 0 Å². The van der Waals surface area contributed by atoms with Crippen LogP contribution in [0.4, 0.5) is 9.52 Å². The fourth-order valence-corrected chi connectivity index (χ4v) is 6.29. The zero-order chi connectivity index (χ0) is 22.9. The quantitative estimate of drug-likeness (QED) is 0.514. The second kappa shape index (κ2) is 7.48. The van der Waals surface area contributed by atoms with Gasteiger partial charge < -0.3 is 4.74 Å². The Balaban J connectivity index is 1.50. The predicted octanol–water partition coefficient (Wildman–Crippen LogP) is 5.36. The van der Waals surface area contributed by atoms with Crippen molar-refractivity contribution in [3.63, 3.8) is 0 Å². The van der Waals surface area contributed by atoms with Gasteiger partial charge in [-0.3, -0.25) is 14.5 Å². The number of amides is 1. The molecule has 3 heterocycles. The molecule has 168 valence electrons. The van der Waals surface area contributed by atoms with Gasteiger partial charge in [0.25, 0.3) is 5.91 Å². The van der Waals surface area contributed by atoms with E-state index >= 15 is 0 Å². The average molecular weight is 463 g/mol. The molecule has 1 aliphatic carbocycles. The Morgan fingerprint density at radius 3 is 2.61 bits per heavy atom. The monoisotopic (exact) mass is 462 g/mol. The zero-order valence-electron chi connectivity index (χ0n) is 18.4. The first-order valence-corrected chi connectivity index (χ1v) is 12.1. The molecule has 1 saturated carbocycles. The van der Waals surface area contributed by atoms with Gasteiger partial charge in [0.1, 0.15) is 12.3 Å². The van der Waals surface area contributed by atoms with Crippen molar-refractivity contribution in [2.24, 2.45) is 5.92 Å². The number of carbonyl (C=O) groups excluding carboxylic acids is 2. The minimum absolute atomic E-state index is 0.111. The summed E-state index contributed by atoms with van der Waals surface area (Å²) < 4.78 is 21.3. The summed E-state index contributed by atoms with van der Waals surface area (Å²) in [5.74, 6) is -0.951. The molecular formula is C26H23FN2O3S. The molecule has 33 heavy (non-hydrogen) atoms. The lowest BCUT2D eigenvalue weighted by molar-refractivity contribution is -0.133. The predicted molar refractivity (Wildman–Crippen MR) is 125 cm³/mol. The second-order valence-corrected chi connectivity index (χ2v) is 10.2. The molecular weight excluding hydrogens is 439 g/mol. The number of alkyl halides is 1. The van der Waals surface area contributed by atoms with Crippen molar-refractivity contribution >= 4 is 38.4 Å². The minimum Gasteiger partial charge on any atom is -0.483 e. The summed E-state index contributed by atoms with van der Waals surface area (Å²) in [4.78, 5) is 33.7. The number of rotatable bonds is 2. The van der Waals surface area contributed by atoms with Crippen molar-refractivity contribution in [3.8, 4) is 0 Å². The highest BCUT2D eigenvalue weighted by molar-refractivity contribution is 7.22. The third-order valence-electron chi connectivity index (χ3n) is 6.92. The van der Waals surface area contributed by atoms with Gasteiger partial charge in [-0.25, -0.2) is 9.37 Å². The fourth-order valence-electron chi connectivity index (χ4n) is 5.20. The van der Waals surface area contributed by atoms with E-state index in [9.17, 15) is 14.0 Å². The molecule has 3 aliphatic rings. The molecule has 1 fully saturated rings. The van der Waals surface area contributed by atoms with E-state index in [1.54, 1.807) is 4.90 Å². The van der Waals surface area contributed by atoms with E-state index in [4.69, 9.17) is 9.72 Å². The number of hydrogen-bond acceptors (Lipinski definition) is 5. The highest BCUT2D eigenvalue weighted by Crippen LogP contribution is 2.49. The number of aromatic nitrogens is 1. The summed E-state index contributed by atoms with van der Waals surface area (Å²) in [6, 6.07) is 13.1. The van der Waals surface area contributed by atoms with Gasteiger partial charge in [0, 0.05) is 0 Å². The third kappa shape index (κ3) is 3.21. The normalized spacial score (nSPS) is 27.1. The Morgan fingerprint density at radius 2 is 1.82 bits per heavy atom. The molecule has 2 aromatic carbocycles. The maximum Gasteiger partial charge on any atom is 0.296 e. The topological polar surface area (TPSA) is 59.5 Å². The van der Waals surface area contributed by atoms with Crippen LogP contribution in [0, 0.1) is 19.8 Å². The number of fused-ring (bicyclic) bond motifs is 2. The summed E-state index contributed by atoms with van der Waals surface area (Å²) in [6.07, 6.45) is -0.510. The first kappa shape index (κ1) is 20.5. The van der Waals surface area contributed by atoms with Crippen LogP contribution in [0.25, 0.3) is 10.2 Å². The molecule has 1 amide bonds. The van der Waals surface area contributed by atoms with Gasteiger partial charge in [0.15, 0.2) is 16.7 Å². The van der Waals surface area contributed by atoms with Crippen molar-refractivity contribution in [2.75, 3.05) is 4.90 Å². The molecule has 7 heteroatoms. The number of halogens is 1. The molecule has 0 radical (unpaired) electrons. The number of ketones is 1. The molecule has 1 aromatic heterocycles. The Hall–Kier alpha value is -3.06. The summed E-state index contributed by atoms with van der Waals surface area (Å²) in [5, 5.41) is 0.531. The Kier molecular flexibility index (Phi) is 4.66. The maximum absolute atomic E-state index is 14.2. The van der Waals surface area contributed by atoms with E-state index in [0.717, 1.165) is 26.9 Å². The van der Waals surface area contributed by atoms with Crippen LogP contribution >= 0.6 is 11.3 Å². The van der Waals surface area contributed by atoms with E-state index < -0.39 is 24.2 Å². The molecule has 5 nitrogen and oxygen atoms in total. The van der Waals surface area contributed by atoms with Crippen molar-refractivity contribution in [2.45, 2.75) is 51.4 Å². The molecule has 4 unspecified atom stereocenters. The van der Waals surface area contributed by atoms with Gasteiger partial charge in [-0.1, -0.05) is 47.2 Å². The van der Waals surface area contributed by atoms with Gasteiger partial charge in [0.05, 0.1) is 27.7 Å². The Morgan fingerprint density at radius 1 is 1.06 bits per heavy atom. The highest BCUT2D eigenvalue weighted by atomic mass is 32.1. The lowest BCUT2D eigenvalue weighted by Gasteiger charge is -2.36. The van der Waals surface area contributed by atoms with Crippen LogP contribution in [0.5, 0.6) is 0 Å². The summed E-state index contributed by atoms with van der Waals surface area (Å²) in [5.41, 5.74) is 4.16. The second-order valence-electron chi connectivity index (χ2n) is 9.24. The largest absolute Gasteiger partial charge is 0.483 e. The van der Waals surface area contributed by atoms with E-state index in [-0.39, 0.29) is 23.9 Å². The molecule has 0 bridgehead atoms. The summed E-state index contributed by atoms with van der Waals surface area (Å²) in [7, 11) is 0. The number of nitrogens with zero attached hydrogens (tertiary/aromatic N) is 2. The third-order valence-corrected chi connectivity index (χ3v) is 7.93. The standard InChI is InChI=1S/C26H23FN2O3S/c1-13-3-6-15(7-4-13)22-21-23(30)17-12-16(27)8-10-19(17)32-24(21)25(31)29(22)26-28-18-9-5-14(2)11-20(18)33-26/h3-7,9,11,16-17,19,22H,8,10,12H2,1-2H3. The lowest BCUT2D eigenvalue weighted by atomic mass is 9.77. The van der Waals surface area contributed by atoms with Crippen LogP contribution in [0.3, 0.4) is 0 Å². The van der Waals surface area contributed by atoms with Crippen molar-refractivity contribution in [3.05, 3.63) is 70.5 Å². The van der Waals surface area contributed by atoms with Gasteiger partial charge in [-0.2, -0.15) is 0 Å². The summed E-state index contributed by atoms with van der Waals surface area (Å²) >= 11 is 1.43. The highest BCUT2D eigenvalue weighted by Gasteiger charge is 2.54. The number of hydrogen-bond donors (Lipinski definition) is 0. The number of benzene rings is 2. The average Bonchev–Trinajstić information content (AvgIpc) is 3.33. The minimum atomic E-state index is -1.01. The molecule has 0 N–H and O–H groups in total. The zero-order valence-corrected chi connectivity index (χ0v) is 19.2. The number of aryl methyl sites for hydroxylation is 2. The van der Waals surface area contributed by atoms with Gasteiger partial charge in [-0.15, -0.1) is 0 Å². The van der Waals surface area contributed by atoms with Gasteiger partial charge >= 0.3 is 0 Å². The van der Waals surface area contributed by atoms with Crippen molar-refractivity contribution in [1.29, 1.82) is 0 Å². The Labute approximate surface area is 194 Å². The SMILES string of the molecule is Cc1ccc(C2C3=C(OC4CCC(F)CC4C3=O)C(=O)N2c2nc3ccc(C)cc3s2)cc1. The molecule has 2 aliphatic heterocycles. The van der Waals surface area contributed by atoms with Crippen LogP contribution in [-0.4, -0.2) is 29.0 Å². The number of thiazole rings is 1. The number of Topliss-reactive ketones (excluding diaryl/α,β-unsaturated/α-hetero) is 1. The molecule has 3 aromatic rings. The number of carbonyl (C=O) groups is 2. The van der Waals surface area contributed by atoms with E-state index in [1.807, 2.05) is 56.3 Å². The molecule has 0 saturated heterocycles. The van der Waals surface area contributed by atoms with E-state index in [1.165, 1.54) is 11.3 Å². The van der Waals surface area contributed by atoms with E-state index in [0.29, 0.717) is 23.5 Å². The van der Waals surface area contributed by atoms with Crippen molar-refractivity contribution < 1.29 is 18.7 Å². The van der Waals surface area contributed by atoms with Crippen molar-refractivity contribution in [1.82, 2.24) is 4.98 Å². The van der Waals surface area contributed by atoms with Crippen LogP contribution < -0.4 is 4.90 Å². The maximum atomic E-state index is 14.2. The molecule has 6 rings (SSSR count). The number of anilines is 1.